The van der Waals surface area contributed by atoms with Gasteiger partial charge >= 0.3 is 0 Å². The molecule has 1 unspecified atom stereocenters. The van der Waals surface area contributed by atoms with Crippen molar-refractivity contribution in [2.24, 2.45) is 0 Å². The van der Waals surface area contributed by atoms with Crippen LogP contribution in [0, 0.1) is 0 Å². The van der Waals surface area contributed by atoms with E-state index < -0.39 is 0 Å². The third-order valence-corrected chi connectivity index (χ3v) is 6.47. The van der Waals surface area contributed by atoms with E-state index in [-0.39, 0.29) is 0 Å². The Kier molecular flexibility index (Phi) is 4.66. The highest BCUT2D eigenvalue weighted by atomic mass is 32.1. The predicted octanol–water partition coefficient (Wildman–Crippen LogP) is 4.42. The number of fused-ring (bicyclic) bond motifs is 1. The third-order valence-electron chi connectivity index (χ3n) is 5.57. The van der Waals surface area contributed by atoms with Gasteiger partial charge in [0, 0.05) is 43.2 Å². The van der Waals surface area contributed by atoms with Crippen molar-refractivity contribution in [3.63, 3.8) is 0 Å². The van der Waals surface area contributed by atoms with Crippen molar-refractivity contribution in [3.8, 4) is 22.8 Å². The summed E-state index contributed by atoms with van der Waals surface area (Å²) < 4.78 is 11.0. The molecule has 1 aromatic heterocycles. The van der Waals surface area contributed by atoms with E-state index in [0.29, 0.717) is 12.8 Å². The van der Waals surface area contributed by atoms with E-state index in [1.165, 1.54) is 11.1 Å². The first kappa shape index (κ1) is 17.5. The maximum Gasteiger partial charge on any atom is 0.231 e. The molecule has 0 spiro atoms. The highest BCUT2D eigenvalue weighted by Gasteiger charge is 2.25. The number of aromatic nitrogens is 1. The van der Waals surface area contributed by atoms with Gasteiger partial charge in [0.15, 0.2) is 16.6 Å². The van der Waals surface area contributed by atoms with Gasteiger partial charge in [-0.3, -0.25) is 4.90 Å². The number of thiazole rings is 1. The van der Waals surface area contributed by atoms with Gasteiger partial charge in [0.25, 0.3) is 0 Å². The topological polar surface area (TPSA) is 37.8 Å². The van der Waals surface area contributed by atoms with Gasteiger partial charge in [0.2, 0.25) is 6.79 Å². The van der Waals surface area contributed by atoms with Crippen molar-refractivity contribution in [2.75, 3.05) is 37.9 Å². The number of hydrogen-bond donors (Lipinski definition) is 0. The highest BCUT2D eigenvalue weighted by Crippen LogP contribution is 2.36. The molecule has 3 heterocycles. The van der Waals surface area contributed by atoms with Crippen molar-refractivity contribution in [1.29, 1.82) is 0 Å². The van der Waals surface area contributed by atoms with Gasteiger partial charge in [-0.1, -0.05) is 36.4 Å². The van der Waals surface area contributed by atoms with Crippen LogP contribution in [0.25, 0.3) is 11.3 Å². The molecule has 5 nitrogen and oxygen atoms in total. The van der Waals surface area contributed by atoms with E-state index in [2.05, 4.69) is 58.5 Å². The molecule has 5 rings (SSSR count). The summed E-state index contributed by atoms with van der Waals surface area (Å²) in [6.07, 6.45) is 0. The van der Waals surface area contributed by atoms with Crippen LogP contribution in [0.1, 0.15) is 18.5 Å². The van der Waals surface area contributed by atoms with Crippen molar-refractivity contribution in [2.45, 2.75) is 13.0 Å². The van der Waals surface area contributed by atoms with Crippen LogP contribution < -0.4 is 14.4 Å². The number of nitrogens with zero attached hydrogens (tertiary/aromatic N) is 3. The molecular formula is C22H23N3O2S. The van der Waals surface area contributed by atoms with Crippen molar-refractivity contribution < 1.29 is 9.47 Å². The molecule has 0 amide bonds. The molecule has 1 atom stereocenters. The standard InChI is InChI=1S/C22H23N3O2S/c1-16(18-7-8-20-21(13-18)27-15-26-20)24-9-11-25(12-10-24)22-23-19(14-28-22)17-5-3-2-4-6-17/h2-8,13-14,16H,9-12,15H2,1H3. The number of benzene rings is 2. The lowest BCUT2D eigenvalue weighted by Crippen LogP contribution is -2.47. The Hall–Kier alpha value is -2.57. The van der Waals surface area contributed by atoms with Crippen LogP contribution in [-0.2, 0) is 0 Å². The van der Waals surface area contributed by atoms with E-state index in [9.17, 15) is 0 Å². The summed E-state index contributed by atoms with van der Waals surface area (Å²) in [5, 5.41) is 3.28. The minimum atomic E-state index is 0.324. The quantitative estimate of drug-likeness (QED) is 0.656. The molecule has 1 saturated heterocycles. The Bertz CT molecular complexity index is 951. The van der Waals surface area contributed by atoms with Crippen LogP contribution in [0.4, 0.5) is 5.13 Å². The zero-order chi connectivity index (χ0) is 18.9. The second-order valence-corrected chi connectivity index (χ2v) is 8.03. The first-order chi connectivity index (χ1) is 13.8. The lowest BCUT2D eigenvalue weighted by atomic mass is 10.1. The molecule has 0 N–H and O–H groups in total. The summed E-state index contributed by atoms with van der Waals surface area (Å²) in [7, 11) is 0. The van der Waals surface area contributed by atoms with Crippen LogP contribution in [0.15, 0.2) is 53.9 Å². The Labute approximate surface area is 169 Å². The summed E-state index contributed by atoms with van der Waals surface area (Å²) in [6, 6.07) is 17.0. The largest absolute Gasteiger partial charge is 0.454 e. The average molecular weight is 394 g/mol. The van der Waals surface area contributed by atoms with Gasteiger partial charge in [-0.05, 0) is 24.6 Å². The zero-order valence-electron chi connectivity index (χ0n) is 15.9. The van der Waals surface area contributed by atoms with Crippen LogP contribution in [0.2, 0.25) is 0 Å². The molecule has 3 aromatic rings. The lowest BCUT2D eigenvalue weighted by Gasteiger charge is -2.38. The average Bonchev–Trinajstić information content (AvgIpc) is 3.43. The van der Waals surface area contributed by atoms with Crippen molar-refractivity contribution in [3.05, 3.63) is 59.5 Å². The number of anilines is 1. The van der Waals surface area contributed by atoms with Crippen molar-refractivity contribution >= 4 is 16.5 Å². The molecule has 0 saturated carbocycles. The van der Waals surface area contributed by atoms with Crippen LogP contribution in [-0.4, -0.2) is 42.9 Å². The Balaban J connectivity index is 1.23. The summed E-state index contributed by atoms with van der Waals surface area (Å²) in [4.78, 5) is 9.80. The fourth-order valence-electron chi connectivity index (χ4n) is 3.84. The monoisotopic (exact) mass is 393 g/mol. The maximum atomic E-state index is 5.53. The Morgan fingerprint density at radius 3 is 2.57 bits per heavy atom. The number of hydrogen-bond acceptors (Lipinski definition) is 6. The Morgan fingerprint density at radius 2 is 1.75 bits per heavy atom. The smallest absolute Gasteiger partial charge is 0.231 e. The van der Waals surface area contributed by atoms with Gasteiger partial charge in [0.1, 0.15) is 0 Å². The molecule has 2 aliphatic rings. The van der Waals surface area contributed by atoms with E-state index in [1.807, 2.05) is 12.1 Å². The van der Waals surface area contributed by atoms with Crippen molar-refractivity contribution in [1.82, 2.24) is 9.88 Å². The molecule has 28 heavy (non-hydrogen) atoms. The number of rotatable bonds is 4. The molecule has 2 aromatic carbocycles. The maximum absolute atomic E-state index is 5.53. The second-order valence-electron chi connectivity index (χ2n) is 7.19. The number of ether oxygens (including phenoxy) is 2. The number of piperazine rings is 1. The first-order valence-electron chi connectivity index (χ1n) is 9.67. The SMILES string of the molecule is CC(c1ccc2c(c1)OCO2)N1CCN(c2nc(-c3ccccc3)cs2)CC1. The molecule has 6 heteroatoms. The van der Waals surface area contributed by atoms with Gasteiger partial charge in [-0.15, -0.1) is 11.3 Å². The van der Waals surface area contributed by atoms with Gasteiger partial charge < -0.3 is 14.4 Å². The van der Waals surface area contributed by atoms with Crippen LogP contribution >= 0.6 is 11.3 Å². The van der Waals surface area contributed by atoms with Gasteiger partial charge in [0.05, 0.1) is 5.69 Å². The normalized spacial score (nSPS) is 17.7. The van der Waals surface area contributed by atoms with Gasteiger partial charge in [-0.25, -0.2) is 4.98 Å². The van der Waals surface area contributed by atoms with E-state index in [1.54, 1.807) is 11.3 Å². The lowest BCUT2D eigenvalue weighted by molar-refractivity contribution is 0.173. The minimum Gasteiger partial charge on any atom is -0.454 e. The molecule has 2 aliphatic heterocycles. The summed E-state index contributed by atoms with van der Waals surface area (Å²) >= 11 is 1.74. The fourth-order valence-corrected chi connectivity index (χ4v) is 4.72. The molecular weight excluding hydrogens is 370 g/mol. The summed E-state index contributed by atoms with van der Waals surface area (Å²) in [5.74, 6) is 1.71. The van der Waals surface area contributed by atoms with Crippen LogP contribution in [0.3, 0.4) is 0 Å². The predicted molar refractivity (Wildman–Crippen MR) is 112 cm³/mol. The molecule has 0 radical (unpaired) electrons. The van der Waals surface area contributed by atoms with Crippen LogP contribution in [0.5, 0.6) is 11.5 Å². The van der Waals surface area contributed by atoms with E-state index in [0.717, 1.165) is 48.5 Å². The Morgan fingerprint density at radius 1 is 0.964 bits per heavy atom. The fraction of sp³-hybridized carbons (Fsp3) is 0.318. The molecule has 0 aliphatic carbocycles. The summed E-state index contributed by atoms with van der Waals surface area (Å²) in [6.45, 7) is 6.63. The summed E-state index contributed by atoms with van der Waals surface area (Å²) in [5.41, 5.74) is 3.52. The zero-order valence-corrected chi connectivity index (χ0v) is 16.7. The van der Waals surface area contributed by atoms with Gasteiger partial charge in [-0.2, -0.15) is 0 Å². The second kappa shape index (κ2) is 7.45. The minimum absolute atomic E-state index is 0.324. The molecule has 0 bridgehead atoms. The molecule has 144 valence electrons. The van der Waals surface area contributed by atoms with E-state index in [4.69, 9.17) is 14.5 Å². The first-order valence-corrected chi connectivity index (χ1v) is 10.6. The van der Waals surface area contributed by atoms with E-state index >= 15 is 0 Å². The molecule has 1 fully saturated rings. The highest BCUT2D eigenvalue weighted by molar-refractivity contribution is 7.14. The third kappa shape index (κ3) is 3.34.